The molecule has 0 radical (unpaired) electrons. The van der Waals surface area contributed by atoms with Gasteiger partial charge in [0.2, 0.25) is 0 Å². The van der Waals surface area contributed by atoms with E-state index in [0.29, 0.717) is 5.56 Å². The molecule has 1 aliphatic heterocycles. The van der Waals surface area contributed by atoms with Gasteiger partial charge in [0.05, 0.1) is 12.7 Å². The molecular formula is C11H10O4. The van der Waals surface area contributed by atoms with Gasteiger partial charge in [-0.05, 0) is 12.1 Å². The molecule has 0 spiro atoms. The van der Waals surface area contributed by atoms with Gasteiger partial charge in [-0.2, -0.15) is 0 Å². The highest BCUT2D eigenvalue weighted by Crippen LogP contribution is 2.24. The molecule has 1 heterocycles. The molecule has 0 unspecified atom stereocenters. The zero-order chi connectivity index (χ0) is 10.7. The Hall–Kier alpha value is -1.97. The Bertz CT molecular complexity index is 389. The third kappa shape index (κ3) is 1.93. The Labute approximate surface area is 87.1 Å². The smallest absolute Gasteiger partial charge is 0.337 e. The average molecular weight is 206 g/mol. The molecule has 0 bridgehead atoms. The fourth-order valence-electron chi connectivity index (χ4n) is 1.33. The van der Waals surface area contributed by atoms with Crippen LogP contribution in [0.4, 0.5) is 0 Å². The number of ether oxygens (including phenoxy) is 3. The minimum atomic E-state index is -0.463. The second kappa shape index (κ2) is 4.04. The normalized spacial score (nSPS) is 14.5. The number of carbonyl (C=O) groups excluding carboxylic acids is 1. The van der Waals surface area contributed by atoms with E-state index in [9.17, 15) is 4.79 Å². The molecule has 0 aliphatic carbocycles. The van der Waals surface area contributed by atoms with Crippen molar-refractivity contribution in [2.75, 3.05) is 7.11 Å². The Kier molecular flexibility index (Phi) is 2.58. The highest BCUT2D eigenvalue weighted by atomic mass is 16.7. The van der Waals surface area contributed by atoms with E-state index in [4.69, 9.17) is 9.47 Å². The van der Waals surface area contributed by atoms with Crippen molar-refractivity contribution in [3.63, 3.8) is 0 Å². The van der Waals surface area contributed by atoms with Crippen LogP contribution in [0.15, 0.2) is 36.8 Å². The molecule has 4 heteroatoms. The fourth-order valence-corrected chi connectivity index (χ4v) is 1.33. The number of hydrogen-bond donors (Lipinski definition) is 0. The van der Waals surface area contributed by atoms with E-state index in [1.807, 2.05) is 6.07 Å². The lowest BCUT2D eigenvalue weighted by Crippen LogP contribution is -2.04. The first-order valence-electron chi connectivity index (χ1n) is 4.45. The molecule has 0 fully saturated rings. The summed E-state index contributed by atoms with van der Waals surface area (Å²) in [6.45, 7) is 0. The summed E-state index contributed by atoms with van der Waals surface area (Å²) in [7, 11) is 1.35. The summed E-state index contributed by atoms with van der Waals surface area (Å²) >= 11 is 0. The molecule has 78 valence electrons. The topological polar surface area (TPSA) is 44.8 Å². The molecule has 0 atom stereocenters. The van der Waals surface area contributed by atoms with Crippen molar-refractivity contribution >= 4 is 5.97 Å². The molecule has 1 aromatic carbocycles. The van der Waals surface area contributed by atoms with Gasteiger partial charge in [-0.1, -0.05) is 12.1 Å². The van der Waals surface area contributed by atoms with E-state index in [2.05, 4.69) is 4.74 Å². The average Bonchev–Trinajstić information content (AvgIpc) is 2.82. The second-order valence-electron chi connectivity index (χ2n) is 2.99. The van der Waals surface area contributed by atoms with E-state index in [1.165, 1.54) is 19.6 Å². The van der Waals surface area contributed by atoms with Crippen LogP contribution < -0.4 is 0 Å². The van der Waals surface area contributed by atoms with E-state index in [0.717, 1.165) is 5.56 Å². The third-order valence-corrected chi connectivity index (χ3v) is 2.04. The Balaban J connectivity index is 2.22. The van der Waals surface area contributed by atoms with Crippen LogP contribution in [0, 0.1) is 0 Å². The lowest BCUT2D eigenvalue weighted by Gasteiger charge is -2.10. The fraction of sp³-hybridized carbons (Fsp3) is 0.182. The number of esters is 1. The van der Waals surface area contributed by atoms with Crippen LogP contribution in [0.3, 0.4) is 0 Å². The van der Waals surface area contributed by atoms with Crippen LogP contribution >= 0.6 is 0 Å². The molecule has 0 saturated carbocycles. The lowest BCUT2D eigenvalue weighted by molar-refractivity contribution is -0.0246. The maximum absolute atomic E-state index is 11.3. The number of rotatable bonds is 2. The van der Waals surface area contributed by atoms with Gasteiger partial charge in [0.25, 0.3) is 6.29 Å². The van der Waals surface area contributed by atoms with Crippen molar-refractivity contribution in [1.82, 2.24) is 0 Å². The SMILES string of the molecule is COC(=O)c1cccc(C2OC=CO2)c1. The van der Waals surface area contributed by atoms with Crippen LogP contribution in [-0.4, -0.2) is 13.1 Å². The Morgan fingerprint density at radius 2 is 2.07 bits per heavy atom. The number of carbonyl (C=O) groups is 1. The standard InChI is InChI=1S/C11H10O4/c1-13-10(12)8-3-2-4-9(7-8)11-14-5-6-15-11/h2-7,11H,1H3. The number of methoxy groups -OCH3 is 1. The molecule has 2 rings (SSSR count). The summed E-state index contributed by atoms with van der Waals surface area (Å²) in [4.78, 5) is 11.3. The largest absolute Gasteiger partial charge is 0.465 e. The van der Waals surface area contributed by atoms with Gasteiger partial charge in [-0.15, -0.1) is 0 Å². The predicted octanol–water partition coefficient (Wildman–Crippen LogP) is 1.99. The summed E-state index contributed by atoms with van der Waals surface area (Å²) < 4.78 is 14.9. The van der Waals surface area contributed by atoms with Crippen molar-refractivity contribution < 1.29 is 19.0 Å². The summed E-state index contributed by atoms with van der Waals surface area (Å²) in [6.07, 6.45) is 2.47. The van der Waals surface area contributed by atoms with Crippen LogP contribution in [0.25, 0.3) is 0 Å². The molecule has 15 heavy (non-hydrogen) atoms. The van der Waals surface area contributed by atoms with E-state index in [-0.39, 0.29) is 5.97 Å². The van der Waals surface area contributed by atoms with Crippen LogP contribution in [0.2, 0.25) is 0 Å². The van der Waals surface area contributed by atoms with Gasteiger partial charge in [-0.3, -0.25) is 0 Å². The first-order valence-corrected chi connectivity index (χ1v) is 4.45. The number of benzene rings is 1. The third-order valence-electron chi connectivity index (χ3n) is 2.04. The summed E-state index contributed by atoms with van der Waals surface area (Å²) in [6, 6.07) is 6.94. The van der Waals surface area contributed by atoms with Crippen molar-refractivity contribution in [2.45, 2.75) is 6.29 Å². The zero-order valence-corrected chi connectivity index (χ0v) is 8.17. The quantitative estimate of drug-likeness (QED) is 0.694. The molecule has 1 aliphatic rings. The minimum absolute atomic E-state index is 0.372. The zero-order valence-electron chi connectivity index (χ0n) is 8.17. The van der Waals surface area contributed by atoms with E-state index in [1.54, 1.807) is 18.2 Å². The van der Waals surface area contributed by atoms with Crippen molar-refractivity contribution in [1.29, 1.82) is 0 Å². The second-order valence-corrected chi connectivity index (χ2v) is 2.99. The summed E-state index contributed by atoms with van der Waals surface area (Å²) in [5.74, 6) is -0.372. The van der Waals surface area contributed by atoms with Gasteiger partial charge in [0.1, 0.15) is 12.5 Å². The predicted molar refractivity (Wildman–Crippen MR) is 51.8 cm³/mol. The van der Waals surface area contributed by atoms with Crippen molar-refractivity contribution in [2.24, 2.45) is 0 Å². The van der Waals surface area contributed by atoms with E-state index < -0.39 is 6.29 Å². The van der Waals surface area contributed by atoms with Gasteiger partial charge < -0.3 is 14.2 Å². The minimum Gasteiger partial charge on any atom is -0.465 e. The lowest BCUT2D eigenvalue weighted by atomic mass is 10.1. The van der Waals surface area contributed by atoms with Gasteiger partial charge in [0.15, 0.2) is 0 Å². The number of hydrogen-bond acceptors (Lipinski definition) is 4. The van der Waals surface area contributed by atoms with Gasteiger partial charge in [-0.25, -0.2) is 4.79 Å². The first kappa shape index (κ1) is 9.58. The van der Waals surface area contributed by atoms with Crippen LogP contribution in [-0.2, 0) is 14.2 Å². The van der Waals surface area contributed by atoms with Crippen molar-refractivity contribution in [3.05, 3.63) is 47.9 Å². The van der Waals surface area contributed by atoms with Gasteiger partial charge in [0, 0.05) is 5.56 Å². The molecular weight excluding hydrogens is 196 g/mol. The first-order chi connectivity index (χ1) is 7.31. The Morgan fingerprint density at radius 3 is 2.73 bits per heavy atom. The maximum atomic E-state index is 11.3. The maximum Gasteiger partial charge on any atom is 0.337 e. The monoisotopic (exact) mass is 206 g/mol. The summed E-state index contributed by atoms with van der Waals surface area (Å²) in [5, 5.41) is 0. The highest BCUT2D eigenvalue weighted by molar-refractivity contribution is 5.89. The molecule has 0 N–H and O–H groups in total. The molecule has 1 aromatic rings. The molecule has 0 amide bonds. The van der Waals surface area contributed by atoms with Gasteiger partial charge >= 0.3 is 5.97 Å². The van der Waals surface area contributed by atoms with Crippen LogP contribution in [0.1, 0.15) is 22.2 Å². The Morgan fingerprint density at radius 1 is 1.33 bits per heavy atom. The van der Waals surface area contributed by atoms with Crippen molar-refractivity contribution in [3.8, 4) is 0 Å². The summed E-state index contributed by atoms with van der Waals surface area (Å²) in [5.41, 5.74) is 1.26. The van der Waals surface area contributed by atoms with Crippen LogP contribution in [0.5, 0.6) is 0 Å². The van der Waals surface area contributed by atoms with E-state index >= 15 is 0 Å². The molecule has 0 saturated heterocycles. The molecule has 0 aromatic heterocycles. The molecule has 4 nitrogen and oxygen atoms in total. The highest BCUT2D eigenvalue weighted by Gasteiger charge is 2.17.